The van der Waals surface area contributed by atoms with Crippen LogP contribution in [0.3, 0.4) is 0 Å². The Hall–Kier alpha value is -2.92. The summed E-state index contributed by atoms with van der Waals surface area (Å²) in [5.74, 6) is -0.291. The standard InChI is InChI=1S/C22H21ClF3NO4/c1-3-5-10-29-21(28)18(4-2)31-20-12-16(8-6-14(20)13-27)30-19-9-7-15(11-17(19)23)22(24,25)26/h6-9,11-12,18H,3-5,10H2,1-2H3. The summed E-state index contributed by atoms with van der Waals surface area (Å²) in [6.45, 7) is 3.98. The lowest BCUT2D eigenvalue weighted by Crippen LogP contribution is -2.29. The second-order valence-electron chi connectivity index (χ2n) is 6.55. The number of ether oxygens (including phenoxy) is 3. The lowest BCUT2D eigenvalue weighted by Gasteiger charge is -2.18. The second-order valence-corrected chi connectivity index (χ2v) is 6.96. The maximum atomic E-state index is 12.8. The molecule has 0 aliphatic rings. The molecule has 1 unspecified atom stereocenters. The van der Waals surface area contributed by atoms with E-state index in [1.54, 1.807) is 6.92 Å². The van der Waals surface area contributed by atoms with Gasteiger partial charge in [-0.05, 0) is 43.2 Å². The number of rotatable bonds is 9. The van der Waals surface area contributed by atoms with Gasteiger partial charge in [-0.2, -0.15) is 18.4 Å². The third-order valence-corrected chi connectivity index (χ3v) is 4.50. The van der Waals surface area contributed by atoms with Gasteiger partial charge in [0.1, 0.15) is 23.3 Å². The minimum absolute atomic E-state index is 0.00339. The quantitative estimate of drug-likeness (QED) is 0.318. The number of nitrogens with zero attached hydrogens (tertiary/aromatic N) is 1. The lowest BCUT2D eigenvalue weighted by atomic mass is 10.2. The fraction of sp³-hybridized carbons (Fsp3) is 0.364. The molecule has 0 radical (unpaired) electrons. The van der Waals surface area contributed by atoms with E-state index in [-0.39, 0.29) is 34.4 Å². The van der Waals surface area contributed by atoms with Crippen LogP contribution in [0.5, 0.6) is 17.2 Å². The normalized spacial score (nSPS) is 12.0. The summed E-state index contributed by atoms with van der Waals surface area (Å²) in [7, 11) is 0. The largest absolute Gasteiger partial charge is 0.477 e. The van der Waals surface area contributed by atoms with Gasteiger partial charge in [0.2, 0.25) is 0 Å². The third kappa shape index (κ3) is 6.79. The molecule has 31 heavy (non-hydrogen) atoms. The highest BCUT2D eigenvalue weighted by molar-refractivity contribution is 6.32. The Morgan fingerprint density at radius 1 is 1.16 bits per heavy atom. The van der Waals surface area contributed by atoms with Crippen LogP contribution in [0.4, 0.5) is 13.2 Å². The molecule has 0 bridgehead atoms. The maximum Gasteiger partial charge on any atom is 0.416 e. The molecule has 0 N–H and O–H groups in total. The number of alkyl halides is 3. The van der Waals surface area contributed by atoms with Crippen LogP contribution in [0.1, 0.15) is 44.2 Å². The van der Waals surface area contributed by atoms with Crippen molar-refractivity contribution in [3.05, 3.63) is 52.5 Å². The maximum absolute atomic E-state index is 12.8. The lowest BCUT2D eigenvalue weighted by molar-refractivity contribution is -0.152. The number of carbonyl (C=O) groups is 1. The predicted octanol–water partition coefficient (Wildman–Crippen LogP) is 6.52. The van der Waals surface area contributed by atoms with Gasteiger partial charge in [0.25, 0.3) is 0 Å². The van der Waals surface area contributed by atoms with Crippen LogP contribution < -0.4 is 9.47 Å². The molecule has 2 aromatic rings. The molecule has 9 heteroatoms. The van der Waals surface area contributed by atoms with E-state index in [1.165, 1.54) is 18.2 Å². The Morgan fingerprint density at radius 2 is 1.90 bits per heavy atom. The molecule has 0 saturated carbocycles. The van der Waals surface area contributed by atoms with E-state index < -0.39 is 23.8 Å². The van der Waals surface area contributed by atoms with E-state index in [4.69, 9.17) is 25.8 Å². The Balaban J connectivity index is 2.22. The first kappa shape index (κ1) is 24.4. The van der Waals surface area contributed by atoms with Crippen molar-refractivity contribution in [2.45, 2.75) is 45.4 Å². The van der Waals surface area contributed by atoms with Gasteiger partial charge in [0, 0.05) is 6.07 Å². The number of hydrogen-bond donors (Lipinski definition) is 0. The number of esters is 1. The van der Waals surface area contributed by atoms with E-state index in [1.807, 2.05) is 13.0 Å². The smallest absolute Gasteiger partial charge is 0.416 e. The van der Waals surface area contributed by atoms with Crippen LogP contribution in [0.2, 0.25) is 5.02 Å². The van der Waals surface area contributed by atoms with Gasteiger partial charge in [-0.15, -0.1) is 0 Å². The third-order valence-electron chi connectivity index (χ3n) is 4.21. The molecular formula is C22H21ClF3NO4. The molecule has 0 aromatic heterocycles. The number of nitriles is 1. The molecule has 5 nitrogen and oxygen atoms in total. The highest BCUT2D eigenvalue weighted by Gasteiger charge is 2.31. The van der Waals surface area contributed by atoms with Crippen LogP contribution in [0, 0.1) is 11.3 Å². The van der Waals surface area contributed by atoms with Crippen molar-refractivity contribution in [3.8, 4) is 23.3 Å². The van der Waals surface area contributed by atoms with Crippen LogP contribution in [-0.2, 0) is 15.7 Å². The van der Waals surface area contributed by atoms with Gasteiger partial charge in [-0.25, -0.2) is 4.79 Å². The van der Waals surface area contributed by atoms with Gasteiger partial charge in [-0.3, -0.25) is 0 Å². The number of halogens is 4. The summed E-state index contributed by atoms with van der Waals surface area (Å²) < 4.78 is 54.8. The summed E-state index contributed by atoms with van der Waals surface area (Å²) in [6, 6.07) is 8.90. The Bertz CT molecular complexity index is 957. The monoisotopic (exact) mass is 455 g/mol. The highest BCUT2D eigenvalue weighted by Crippen LogP contribution is 2.37. The average molecular weight is 456 g/mol. The topological polar surface area (TPSA) is 68.6 Å². The summed E-state index contributed by atoms with van der Waals surface area (Å²) in [5, 5.41) is 9.10. The molecule has 166 valence electrons. The molecule has 2 aromatic carbocycles. The molecule has 0 heterocycles. The van der Waals surface area contributed by atoms with Crippen molar-refractivity contribution in [1.29, 1.82) is 5.26 Å². The van der Waals surface area contributed by atoms with E-state index >= 15 is 0 Å². The molecule has 0 fully saturated rings. The van der Waals surface area contributed by atoms with E-state index in [2.05, 4.69) is 0 Å². The molecule has 2 rings (SSSR count). The number of benzene rings is 2. The average Bonchev–Trinajstić information content (AvgIpc) is 2.73. The van der Waals surface area contributed by atoms with Crippen molar-refractivity contribution in [2.75, 3.05) is 6.61 Å². The van der Waals surface area contributed by atoms with Crippen molar-refractivity contribution < 1.29 is 32.2 Å². The van der Waals surface area contributed by atoms with Crippen molar-refractivity contribution in [3.63, 3.8) is 0 Å². The molecule has 0 spiro atoms. The molecular weight excluding hydrogens is 435 g/mol. The Morgan fingerprint density at radius 3 is 2.48 bits per heavy atom. The van der Waals surface area contributed by atoms with Crippen molar-refractivity contribution in [2.24, 2.45) is 0 Å². The van der Waals surface area contributed by atoms with Gasteiger partial charge >= 0.3 is 12.1 Å². The fourth-order valence-corrected chi connectivity index (χ4v) is 2.72. The van der Waals surface area contributed by atoms with Gasteiger partial charge < -0.3 is 14.2 Å². The minimum Gasteiger partial charge on any atom is -0.477 e. The van der Waals surface area contributed by atoms with Crippen molar-refractivity contribution in [1.82, 2.24) is 0 Å². The summed E-state index contributed by atoms with van der Waals surface area (Å²) in [5.41, 5.74) is -0.744. The second kappa shape index (κ2) is 10.9. The minimum atomic E-state index is -4.53. The first-order chi connectivity index (χ1) is 14.7. The van der Waals surface area contributed by atoms with Crippen molar-refractivity contribution >= 4 is 17.6 Å². The Labute approximate surface area is 183 Å². The van der Waals surface area contributed by atoms with Gasteiger partial charge in [0.05, 0.1) is 22.8 Å². The molecule has 1 atom stereocenters. The van der Waals surface area contributed by atoms with Crippen LogP contribution in [0.15, 0.2) is 36.4 Å². The molecule has 0 saturated heterocycles. The zero-order valence-electron chi connectivity index (χ0n) is 17.0. The number of hydrogen-bond acceptors (Lipinski definition) is 5. The summed E-state index contributed by atoms with van der Waals surface area (Å²) in [6.07, 6.45) is -3.54. The van der Waals surface area contributed by atoms with Crippen LogP contribution in [0.25, 0.3) is 0 Å². The van der Waals surface area contributed by atoms with E-state index in [0.29, 0.717) is 6.42 Å². The summed E-state index contributed by atoms with van der Waals surface area (Å²) in [4.78, 5) is 12.2. The first-order valence-corrected chi connectivity index (χ1v) is 9.99. The Kier molecular flexibility index (Phi) is 8.57. The van der Waals surface area contributed by atoms with E-state index in [9.17, 15) is 23.2 Å². The highest BCUT2D eigenvalue weighted by atomic mass is 35.5. The molecule has 0 aliphatic heterocycles. The molecule has 0 aliphatic carbocycles. The SMILES string of the molecule is CCCCOC(=O)C(CC)Oc1cc(Oc2ccc(C(F)(F)F)cc2Cl)ccc1C#N. The first-order valence-electron chi connectivity index (χ1n) is 9.61. The molecule has 0 amide bonds. The van der Waals surface area contributed by atoms with Gasteiger partial charge in [0.15, 0.2) is 6.10 Å². The predicted molar refractivity (Wildman–Crippen MR) is 108 cm³/mol. The fourth-order valence-electron chi connectivity index (χ4n) is 2.50. The zero-order chi connectivity index (χ0) is 23.0. The van der Waals surface area contributed by atoms with E-state index in [0.717, 1.165) is 31.0 Å². The summed E-state index contributed by atoms with van der Waals surface area (Å²) >= 11 is 5.92. The van der Waals surface area contributed by atoms with Crippen LogP contribution in [-0.4, -0.2) is 18.7 Å². The van der Waals surface area contributed by atoms with Crippen LogP contribution >= 0.6 is 11.6 Å². The number of carbonyl (C=O) groups excluding carboxylic acids is 1. The zero-order valence-corrected chi connectivity index (χ0v) is 17.7. The van der Waals surface area contributed by atoms with Gasteiger partial charge in [-0.1, -0.05) is 31.9 Å². The number of unbranched alkanes of at least 4 members (excludes halogenated alkanes) is 1.